The van der Waals surface area contributed by atoms with Gasteiger partial charge >= 0.3 is 5.97 Å². The molecule has 0 aliphatic heterocycles. The number of nitrogens with one attached hydrogen (secondary N) is 1. The van der Waals surface area contributed by atoms with E-state index in [0.29, 0.717) is 0 Å². The third-order valence-corrected chi connectivity index (χ3v) is 2.85. The molecule has 1 unspecified atom stereocenters. The summed E-state index contributed by atoms with van der Waals surface area (Å²) < 4.78 is 4.81. The van der Waals surface area contributed by atoms with Crippen LogP contribution in [0, 0.1) is 5.92 Å². The van der Waals surface area contributed by atoms with E-state index >= 15 is 0 Å². The smallest absolute Gasteiger partial charge is 0.323 e. The number of benzene rings is 1. The first-order chi connectivity index (χ1) is 8.06. The maximum atomic E-state index is 11.6. The van der Waals surface area contributed by atoms with Crippen LogP contribution >= 0.6 is 0 Å². The molecule has 0 amide bonds. The third kappa shape index (κ3) is 3.86. The number of methoxy groups -OCH3 is 1. The van der Waals surface area contributed by atoms with Crippen molar-refractivity contribution in [1.82, 2.24) is 5.32 Å². The Morgan fingerprint density at radius 2 is 1.76 bits per heavy atom. The average Bonchev–Trinajstić information content (AvgIpc) is 2.35. The van der Waals surface area contributed by atoms with Gasteiger partial charge in [-0.05, 0) is 18.4 Å². The third-order valence-electron chi connectivity index (χ3n) is 2.85. The summed E-state index contributed by atoms with van der Waals surface area (Å²) in [7, 11) is 1.42. The first-order valence-corrected chi connectivity index (χ1v) is 5.95. The second kappa shape index (κ2) is 6.40. The Kier molecular flexibility index (Phi) is 5.16. The highest BCUT2D eigenvalue weighted by Crippen LogP contribution is 2.15. The molecule has 0 radical (unpaired) electrons. The summed E-state index contributed by atoms with van der Waals surface area (Å²) >= 11 is 0. The van der Waals surface area contributed by atoms with Gasteiger partial charge in [0.05, 0.1) is 7.11 Å². The van der Waals surface area contributed by atoms with Gasteiger partial charge in [-0.3, -0.25) is 10.1 Å². The number of rotatable bonds is 5. The van der Waals surface area contributed by atoms with Crippen LogP contribution in [0.25, 0.3) is 0 Å². The Balaban J connectivity index is 2.71. The van der Waals surface area contributed by atoms with Crippen LogP contribution in [0.3, 0.4) is 0 Å². The second-order valence-corrected chi connectivity index (χ2v) is 4.54. The Labute approximate surface area is 103 Å². The largest absolute Gasteiger partial charge is 0.468 e. The molecule has 0 aliphatic rings. The van der Waals surface area contributed by atoms with Crippen LogP contribution in [0.4, 0.5) is 0 Å². The molecular weight excluding hydrogens is 214 g/mol. The van der Waals surface area contributed by atoms with Crippen molar-refractivity contribution in [3.63, 3.8) is 0 Å². The molecule has 1 rings (SSSR count). The standard InChI is InChI=1S/C14H21NO2/c1-10(2)13(14(16)17-4)15-11(3)12-8-6-5-7-9-12/h5-11,13,15H,1-4H3/t11?,13-/m0/s1. The van der Waals surface area contributed by atoms with Gasteiger partial charge < -0.3 is 4.74 Å². The number of hydrogen-bond acceptors (Lipinski definition) is 3. The summed E-state index contributed by atoms with van der Waals surface area (Å²) in [6, 6.07) is 9.93. The molecule has 0 bridgehead atoms. The number of carbonyl (C=O) groups is 1. The molecule has 94 valence electrons. The van der Waals surface area contributed by atoms with Crippen molar-refractivity contribution in [2.45, 2.75) is 32.9 Å². The van der Waals surface area contributed by atoms with Crippen LogP contribution < -0.4 is 5.32 Å². The van der Waals surface area contributed by atoms with E-state index < -0.39 is 0 Å². The molecule has 0 aliphatic carbocycles. The highest BCUT2D eigenvalue weighted by molar-refractivity contribution is 5.76. The van der Waals surface area contributed by atoms with Gasteiger partial charge in [0, 0.05) is 6.04 Å². The molecule has 3 nitrogen and oxygen atoms in total. The van der Waals surface area contributed by atoms with Crippen molar-refractivity contribution in [3.8, 4) is 0 Å². The van der Waals surface area contributed by atoms with Gasteiger partial charge in [-0.1, -0.05) is 44.2 Å². The monoisotopic (exact) mass is 235 g/mol. The molecule has 1 aromatic carbocycles. The molecule has 2 atom stereocenters. The van der Waals surface area contributed by atoms with Crippen LogP contribution in [0.2, 0.25) is 0 Å². The van der Waals surface area contributed by atoms with E-state index in [1.165, 1.54) is 12.7 Å². The lowest BCUT2D eigenvalue weighted by molar-refractivity contribution is -0.144. The first-order valence-electron chi connectivity index (χ1n) is 5.95. The second-order valence-electron chi connectivity index (χ2n) is 4.54. The lowest BCUT2D eigenvalue weighted by atomic mass is 10.0. The van der Waals surface area contributed by atoms with Gasteiger partial charge in [-0.2, -0.15) is 0 Å². The maximum Gasteiger partial charge on any atom is 0.323 e. The summed E-state index contributed by atoms with van der Waals surface area (Å²) in [5, 5.41) is 3.31. The van der Waals surface area contributed by atoms with E-state index in [9.17, 15) is 4.79 Å². The molecule has 0 saturated heterocycles. The van der Waals surface area contributed by atoms with Crippen LogP contribution in [-0.2, 0) is 9.53 Å². The number of carbonyl (C=O) groups excluding carboxylic acids is 1. The molecule has 0 fully saturated rings. The van der Waals surface area contributed by atoms with Crippen LogP contribution in [0.5, 0.6) is 0 Å². The van der Waals surface area contributed by atoms with Crippen molar-refractivity contribution in [2.75, 3.05) is 7.11 Å². The Bertz CT molecular complexity index is 348. The van der Waals surface area contributed by atoms with E-state index in [1.54, 1.807) is 0 Å². The molecule has 0 heterocycles. The minimum absolute atomic E-state index is 0.127. The minimum atomic E-state index is -0.268. The van der Waals surface area contributed by atoms with E-state index in [1.807, 2.05) is 51.1 Å². The molecule has 0 spiro atoms. The topological polar surface area (TPSA) is 38.3 Å². The molecular formula is C14H21NO2. The fourth-order valence-corrected chi connectivity index (χ4v) is 1.77. The summed E-state index contributed by atoms with van der Waals surface area (Å²) in [6.45, 7) is 6.06. The fraction of sp³-hybridized carbons (Fsp3) is 0.500. The predicted molar refractivity (Wildman–Crippen MR) is 68.6 cm³/mol. The van der Waals surface area contributed by atoms with Crippen LogP contribution in [0.15, 0.2) is 30.3 Å². The fourth-order valence-electron chi connectivity index (χ4n) is 1.77. The van der Waals surface area contributed by atoms with Crippen molar-refractivity contribution < 1.29 is 9.53 Å². The van der Waals surface area contributed by atoms with Crippen molar-refractivity contribution >= 4 is 5.97 Å². The summed E-state index contributed by atoms with van der Waals surface area (Å²) in [5.41, 5.74) is 1.17. The molecule has 0 aromatic heterocycles. The van der Waals surface area contributed by atoms with Gasteiger partial charge in [-0.15, -0.1) is 0 Å². The zero-order valence-corrected chi connectivity index (χ0v) is 10.9. The van der Waals surface area contributed by atoms with E-state index in [2.05, 4.69) is 5.32 Å². The van der Waals surface area contributed by atoms with Crippen molar-refractivity contribution in [2.24, 2.45) is 5.92 Å². The molecule has 17 heavy (non-hydrogen) atoms. The Morgan fingerprint density at radius 3 is 2.24 bits per heavy atom. The highest BCUT2D eigenvalue weighted by atomic mass is 16.5. The van der Waals surface area contributed by atoms with Gasteiger partial charge in [0.25, 0.3) is 0 Å². The maximum absolute atomic E-state index is 11.6. The lowest BCUT2D eigenvalue weighted by Gasteiger charge is -2.24. The van der Waals surface area contributed by atoms with E-state index in [-0.39, 0.29) is 24.0 Å². The summed E-state index contributed by atoms with van der Waals surface area (Å²) in [6.07, 6.45) is 0. The van der Waals surface area contributed by atoms with Gasteiger partial charge in [0.1, 0.15) is 6.04 Å². The quantitative estimate of drug-likeness (QED) is 0.797. The minimum Gasteiger partial charge on any atom is -0.468 e. The normalized spacial score (nSPS) is 14.4. The van der Waals surface area contributed by atoms with Crippen LogP contribution in [-0.4, -0.2) is 19.1 Å². The van der Waals surface area contributed by atoms with Crippen LogP contribution in [0.1, 0.15) is 32.4 Å². The average molecular weight is 235 g/mol. The number of esters is 1. The predicted octanol–water partition coefficient (Wildman–Crippen LogP) is 2.53. The van der Waals surface area contributed by atoms with Gasteiger partial charge in [0.2, 0.25) is 0 Å². The molecule has 1 aromatic rings. The van der Waals surface area contributed by atoms with Crippen molar-refractivity contribution in [3.05, 3.63) is 35.9 Å². The summed E-state index contributed by atoms with van der Waals surface area (Å²) in [5.74, 6) is -0.00334. The molecule has 3 heteroatoms. The number of hydrogen-bond donors (Lipinski definition) is 1. The SMILES string of the molecule is COC(=O)[C@@H](NC(C)c1ccccc1)C(C)C. The molecule has 1 N–H and O–H groups in total. The number of ether oxygens (including phenoxy) is 1. The lowest BCUT2D eigenvalue weighted by Crippen LogP contribution is -2.42. The Morgan fingerprint density at radius 1 is 1.18 bits per heavy atom. The first kappa shape index (κ1) is 13.7. The zero-order chi connectivity index (χ0) is 12.8. The van der Waals surface area contributed by atoms with E-state index in [4.69, 9.17) is 4.74 Å². The Hall–Kier alpha value is -1.35. The van der Waals surface area contributed by atoms with Crippen molar-refractivity contribution in [1.29, 1.82) is 0 Å². The van der Waals surface area contributed by atoms with Gasteiger partial charge in [-0.25, -0.2) is 0 Å². The summed E-state index contributed by atoms with van der Waals surface area (Å²) in [4.78, 5) is 11.6. The van der Waals surface area contributed by atoms with Gasteiger partial charge in [0.15, 0.2) is 0 Å². The molecule has 0 saturated carbocycles. The zero-order valence-electron chi connectivity index (χ0n) is 10.9. The van der Waals surface area contributed by atoms with E-state index in [0.717, 1.165) is 0 Å². The highest BCUT2D eigenvalue weighted by Gasteiger charge is 2.24.